The molecule has 5 heteroatoms. The third kappa shape index (κ3) is 12.0. The summed E-state index contributed by atoms with van der Waals surface area (Å²) < 4.78 is 10.9. The number of carbonyl (C=O) groups is 1. The van der Waals surface area contributed by atoms with Crippen molar-refractivity contribution in [2.75, 3.05) is 19.0 Å². The Bertz CT molecular complexity index is 220. The molecule has 0 heterocycles. The van der Waals surface area contributed by atoms with Gasteiger partial charge in [0, 0.05) is 12.2 Å². The average molecular weight is 278 g/mol. The lowest BCUT2D eigenvalue weighted by Crippen LogP contribution is -2.08. The summed E-state index contributed by atoms with van der Waals surface area (Å²) in [4.78, 5) is 11.2. The molecular weight excluding hydrogens is 256 g/mol. The summed E-state index contributed by atoms with van der Waals surface area (Å²) in [6.45, 7) is 5.24. The van der Waals surface area contributed by atoms with E-state index in [4.69, 9.17) is 21.7 Å². The lowest BCUT2D eigenvalue weighted by molar-refractivity contribution is -0.143. The first kappa shape index (κ1) is 16.7. The van der Waals surface area contributed by atoms with Gasteiger partial charge in [0.1, 0.15) is 6.61 Å². The molecule has 0 aliphatic rings. The predicted octanol–water partition coefficient (Wildman–Crippen LogP) is 3.55. The largest absolute Gasteiger partial charge is 0.479 e. The van der Waals surface area contributed by atoms with Gasteiger partial charge in [-0.3, -0.25) is 4.79 Å². The van der Waals surface area contributed by atoms with Crippen LogP contribution in [0, 0.1) is 0 Å². The number of thioether (sulfide) groups is 1. The number of thiocarbonyl (C=S) groups is 1. The lowest BCUT2D eigenvalue weighted by Gasteiger charge is -2.06. The Morgan fingerprint density at radius 2 is 1.82 bits per heavy atom. The van der Waals surface area contributed by atoms with E-state index in [9.17, 15) is 4.79 Å². The van der Waals surface area contributed by atoms with Gasteiger partial charge in [-0.2, -0.15) is 0 Å². The summed E-state index contributed by atoms with van der Waals surface area (Å²) in [6.07, 6.45) is 4.54. The number of hydrogen-bond acceptors (Lipinski definition) is 5. The van der Waals surface area contributed by atoms with Gasteiger partial charge in [0.25, 0.3) is 0 Å². The van der Waals surface area contributed by atoms with Crippen molar-refractivity contribution in [3.8, 4) is 0 Å². The number of carbonyl (C=O) groups excluding carboxylic acids is 1. The van der Waals surface area contributed by atoms with Gasteiger partial charge in [-0.1, -0.05) is 38.5 Å². The Balaban J connectivity index is 3.32. The highest BCUT2D eigenvalue weighted by Crippen LogP contribution is 2.07. The van der Waals surface area contributed by atoms with Crippen LogP contribution in [0.4, 0.5) is 0 Å². The molecule has 0 aliphatic heterocycles. The average Bonchev–Trinajstić information content (AvgIpc) is 2.32. The van der Waals surface area contributed by atoms with Crippen molar-refractivity contribution in [3.63, 3.8) is 0 Å². The van der Waals surface area contributed by atoms with Gasteiger partial charge < -0.3 is 9.47 Å². The van der Waals surface area contributed by atoms with Gasteiger partial charge in [-0.15, -0.1) is 0 Å². The first-order chi connectivity index (χ1) is 8.20. The summed E-state index contributed by atoms with van der Waals surface area (Å²) in [7, 11) is 0. The molecule has 0 aromatic heterocycles. The number of unbranched alkanes of at least 4 members (excludes halogenated alkanes) is 2. The van der Waals surface area contributed by atoms with Crippen molar-refractivity contribution in [1.29, 1.82) is 0 Å². The lowest BCUT2D eigenvalue weighted by atomic mass is 10.3. The minimum absolute atomic E-state index is 0.120. The SMILES string of the molecule is CCCCOC(=S)SCCOC(=O)CCCC. The van der Waals surface area contributed by atoms with Crippen LogP contribution in [0.25, 0.3) is 0 Å². The first-order valence-electron chi connectivity index (χ1n) is 6.15. The normalized spacial score (nSPS) is 10.0. The van der Waals surface area contributed by atoms with Crippen LogP contribution < -0.4 is 0 Å². The van der Waals surface area contributed by atoms with Gasteiger partial charge in [0.05, 0.1) is 6.61 Å². The molecule has 0 saturated heterocycles. The minimum atomic E-state index is -0.120. The van der Waals surface area contributed by atoms with E-state index in [2.05, 4.69) is 13.8 Å². The van der Waals surface area contributed by atoms with Crippen LogP contribution in [-0.2, 0) is 14.3 Å². The zero-order valence-corrected chi connectivity index (χ0v) is 12.3. The molecule has 0 bridgehead atoms. The van der Waals surface area contributed by atoms with Crippen molar-refractivity contribution < 1.29 is 14.3 Å². The second-order valence-corrected chi connectivity index (χ2v) is 5.32. The van der Waals surface area contributed by atoms with Crippen LogP contribution in [-0.4, -0.2) is 29.3 Å². The standard InChI is InChI=1S/C12H22O3S2/c1-3-5-7-11(13)14-9-10-17-12(16)15-8-6-4-2/h3-10H2,1-2H3. The maximum absolute atomic E-state index is 11.2. The fraction of sp³-hybridized carbons (Fsp3) is 0.833. The second-order valence-electron chi connectivity index (χ2n) is 3.62. The topological polar surface area (TPSA) is 35.5 Å². The van der Waals surface area contributed by atoms with Crippen LogP contribution in [0.3, 0.4) is 0 Å². The number of hydrogen-bond donors (Lipinski definition) is 0. The molecule has 100 valence electrons. The quantitative estimate of drug-likeness (QED) is 0.366. The molecule has 0 fully saturated rings. The van der Waals surface area contributed by atoms with Gasteiger partial charge in [0.15, 0.2) is 0 Å². The Morgan fingerprint density at radius 1 is 1.12 bits per heavy atom. The molecule has 0 aromatic rings. The van der Waals surface area contributed by atoms with Crippen LogP contribution >= 0.6 is 24.0 Å². The maximum Gasteiger partial charge on any atom is 0.305 e. The van der Waals surface area contributed by atoms with Crippen molar-refractivity contribution in [2.24, 2.45) is 0 Å². The highest BCUT2D eigenvalue weighted by molar-refractivity contribution is 8.22. The van der Waals surface area contributed by atoms with E-state index in [1.54, 1.807) is 0 Å². The fourth-order valence-electron chi connectivity index (χ4n) is 1.02. The number of esters is 1. The molecule has 0 spiro atoms. The Morgan fingerprint density at radius 3 is 2.47 bits per heavy atom. The fourth-order valence-corrected chi connectivity index (χ4v) is 1.85. The summed E-state index contributed by atoms with van der Waals surface area (Å²) in [5.41, 5.74) is 0. The second kappa shape index (κ2) is 12.2. The van der Waals surface area contributed by atoms with Crippen LogP contribution in [0.15, 0.2) is 0 Å². The maximum atomic E-state index is 11.2. The highest BCUT2D eigenvalue weighted by Gasteiger charge is 2.03. The Labute approximate surface area is 114 Å². The molecule has 0 N–H and O–H groups in total. The molecule has 0 radical (unpaired) electrons. The van der Waals surface area contributed by atoms with Crippen LogP contribution in [0.5, 0.6) is 0 Å². The number of ether oxygens (including phenoxy) is 2. The summed E-state index contributed by atoms with van der Waals surface area (Å²) >= 11 is 6.44. The van der Waals surface area contributed by atoms with Gasteiger partial charge in [0.2, 0.25) is 4.38 Å². The molecule has 0 unspecified atom stereocenters. The summed E-state index contributed by atoms with van der Waals surface area (Å²) in [6, 6.07) is 0. The predicted molar refractivity (Wildman–Crippen MR) is 76.4 cm³/mol. The van der Waals surface area contributed by atoms with Crippen LogP contribution in [0.2, 0.25) is 0 Å². The van der Waals surface area contributed by atoms with Crippen molar-refractivity contribution in [1.82, 2.24) is 0 Å². The van der Waals surface area contributed by atoms with Gasteiger partial charge >= 0.3 is 5.97 Å². The van der Waals surface area contributed by atoms with Crippen molar-refractivity contribution in [3.05, 3.63) is 0 Å². The number of rotatable bonds is 9. The molecule has 0 aliphatic carbocycles. The van der Waals surface area contributed by atoms with Crippen molar-refractivity contribution >= 4 is 34.3 Å². The van der Waals surface area contributed by atoms with E-state index in [-0.39, 0.29) is 5.97 Å². The molecule has 0 saturated carbocycles. The third-order valence-corrected chi connectivity index (χ3v) is 3.21. The molecule has 0 aromatic carbocycles. The summed E-state index contributed by atoms with van der Waals surface area (Å²) in [5.74, 6) is 0.549. The molecule has 0 amide bonds. The van der Waals surface area contributed by atoms with E-state index >= 15 is 0 Å². The zero-order valence-electron chi connectivity index (χ0n) is 10.7. The first-order valence-corrected chi connectivity index (χ1v) is 7.55. The van der Waals surface area contributed by atoms with E-state index in [0.717, 1.165) is 25.7 Å². The molecular formula is C12H22O3S2. The monoisotopic (exact) mass is 278 g/mol. The van der Waals surface area contributed by atoms with E-state index in [0.29, 0.717) is 29.8 Å². The van der Waals surface area contributed by atoms with E-state index < -0.39 is 0 Å². The smallest absolute Gasteiger partial charge is 0.305 e. The molecule has 0 atom stereocenters. The Kier molecular flexibility index (Phi) is 12.0. The molecule has 0 rings (SSSR count). The summed E-state index contributed by atoms with van der Waals surface area (Å²) in [5, 5.41) is 0. The van der Waals surface area contributed by atoms with Crippen LogP contribution in [0.1, 0.15) is 46.0 Å². The third-order valence-electron chi connectivity index (χ3n) is 2.02. The Hall–Kier alpha value is -0.290. The zero-order chi connectivity index (χ0) is 12.9. The van der Waals surface area contributed by atoms with Crippen molar-refractivity contribution in [2.45, 2.75) is 46.0 Å². The van der Waals surface area contributed by atoms with Gasteiger partial charge in [-0.25, -0.2) is 0 Å². The van der Waals surface area contributed by atoms with Gasteiger partial charge in [-0.05, 0) is 25.1 Å². The highest BCUT2D eigenvalue weighted by atomic mass is 32.2. The molecule has 3 nitrogen and oxygen atoms in total. The van der Waals surface area contributed by atoms with E-state index in [1.807, 2.05) is 0 Å². The minimum Gasteiger partial charge on any atom is -0.479 e. The molecule has 17 heavy (non-hydrogen) atoms. The van der Waals surface area contributed by atoms with E-state index in [1.165, 1.54) is 11.8 Å².